The van der Waals surface area contributed by atoms with Gasteiger partial charge in [0.1, 0.15) is 17.6 Å². The Balaban J connectivity index is 1.51. The third-order valence-corrected chi connectivity index (χ3v) is 5.43. The standard InChI is InChI=1S/C23H38N4O3/c1-4-24-23(25-8-6-7-9-27-10-12-28-13-11-27)26-17-20-16-22-19(14-18(3)30-22)15-21(20)29-5-2/h15-16,18H,4-14,17H2,1-3H3,(H2,24,25,26). The summed E-state index contributed by atoms with van der Waals surface area (Å²) < 4.78 is 17.2. The molecule has 0 amide bonds. The van der Waals surface area contributed by atoms with Crippen LogP contribution in [0.5, 0.6) is 11.5 Å². The van der Waals surface area contributed by atoms with Crippen molar-refractivity contribution in [3.8, 4) is 11.5 Å². The zero-order valence-corrected chi connectivity index (χ0v) is 18.8. The Kier molecular flexibility index (Phi) is 9.08. The van der Waals surface area contributed by atoms with Gasteiger partial charge in [0.05, 0.1) is 26.4 Å². The predicted octanol–water partition coefficient (Wildman–Crippen LogP) is 2.58. The molecule has 0 saturated carbocycles. The van der Waals surface area contributed by atoms with Crippen molar-refractivity contribution in [2.45, 2.75) is 52.7 Å². The number of aliphatic imine (C=N–C) groups is 1. The molecule has 2 heterocycles. The highest BCUT2D eigenvalue weighted by atomic mass is 16.5. The summed E-state index contributed by atoms with van der Waals surface area (Å²) in [5, 5.41) is 6.81. The molecule has 168 valence electrons. The molecule has 1 aromatic rings. The van der Waals surface area contributed by atoms with Crippen LogP contribution in [0.1, 0.15) is 44.7 Å². The summed E-state index contributed by atoms with van der Waals surface area (Å²) >= 11 is 0. The summed E-state index contributed by atoms with van der Waals surface area (Å²) in [7, 11) is 0. The van der Waals surface area contributed by atoms with E-state index in [2.05, 4.69) is 41.5 Å². The number of hydrogen-bond acceptors (Lipinski definition) is 5. The Hall–Kier alpha value is -1.99. The molecule has 0 bridgehead atoms. The number of rotatable bonds is 10. The minimum atomic E-state index is 0.227. The molecule has 1 saturated heterocycles. The first kappa shape index (κ1) is 22.7. The summed E-state index contributed by atoms with van der Waals surface area (Å²) in [4.78, 5) is 7.27. The Labute approximate surface area is 181 Å². The van der Waals surface area contributed by atoms with Crippen LogP contribution in [0.25, 0.3) is 0 Å². The zero-order chi connectivity index (χ0) is 21.2. The highest BCUT2D eigenvalue weighted by Gasteiger charge is 2.21. The summed E-state index contributed by atoms with van der Waals surface area (Å²) in [6.45, 7) is 14.2. The molecule has 0 radical (unpaired) electrons. The van der Waals surface area contributed by atoms with Crippen LogP contribution in [0, 0.1) is 0 Å². The Morgan fingerprint density at radius 2 is 2.03 bits per heavy atom. The lowest BCUT2D eigenvalue weighted by atomic mass is 10.1. The van der Waals surface area contributed by atoms with Gasteiger partial charge in [-0.05, 0) is 52.3 Å². The molecule has 3 rings (SSSR count). The molecule has 0 aromatic heterocycles. The van der Waals surface area contributed by atoms with Gasteiger partial charge in [-0.2, -0.15) is 0 Å². The number of nitrogens with one attached hydrogen (secondary N) is 2. The Morgan fingerprint density at radius 1 is 1.20 bits per heavy atom. The van der Waals surface area contributed by atoms with Crippen LogP contribution in [-0.4, -0.2) is 69.5 Å². The average molecular weight is 419 g/mol. The van der Waals surface area contributed by atoms with Gasteiger partial charge >= 0.3 is 0 Å². The maximum absolute atomic E-state index is 5.93. The number of benzene rings is 1. The van der Waals surface area contributed by atoms with Crippen molar-refractivity contribution in [3.63, 3.8) is 0 Å². The molecule has 1 atom stereocenters. The molecule has 2 N–H and O–H groups in total. The van der Waals surface area contributed by atoms with Gasteiger partial charge in [-0.1, -0.05) is 0 Å². The largest absolute Gasteiger partial charge is 0.494 e. The lowest BCUT2D eigenvalue weighted by Gasteiger charge is -2.26. The quantitative estimate of drug-likeness (QED) is 0.346. The van der Waals surface area contributed by atoms with Crippen LogP contribution in [0.2, 0.25) is 0 Å². The molecule has 1 unspecified atom stereocenters. The topological polar surface area (TPSA) is 67.4 Å². The van der Waals surface area contributed by atoms with Crippen LogP contribution in [-0.2, 0) is 17.7 Å². The summed E-state index contributed by atoms with van der Waals surface area (Å²) in [5.41, 5.74) is 2.29. The lowest BCUT2D eigenvalue weighted by molar-refractivity contribution is 0.0372. The van der Waals surface area contributed by atoms with Crippen molar-refractivity contribution < 1.29 is 14.2 Å². The molecule has 7 heteroatoms. The first-order valence-electron chi connectivity index (χ1n) is 11.5. The van der Waals surface area contributed by atoms with Gasteiger partial charge in [0.2, 0.25) is 0 Å². The molecular formula is C23H38N4O3. The third kappa shape index (κ3) is 6.77. The Bertz CT molecular complexity index is 689. The molecule has 0 aliphatic carbocycles. The van der Waals surface area contributed by atoms with Gasteiger partial charge in [-0.25, -0.2) is 4.99 Å². The molecule has 7 nitrogen and oxygen atoms in total. The second-order valence-electron chi connectivity index (χ2n) is 7.92. The first-order chi connectivity index (χ1) is 14.7. The van der Waals surface area contributed by atoms with E-state index in [1.165, 1.54) is 12.0 Å². The molecule has 1 fully saturated rings. The highest BCUT2D eigenvalue weighted by molar-refractivity contribution is 5.79. The average Bonchev–Trinajstić information content (AvgIpc) is 3.11. The van der Waals surface area contributed by atoms with Crippen LogP contribution in [0.4, 0.5) is 0 Å². The van der Waals surface area contributed by atoms with E-state index >= 15 is 0 Å². The number of fused-ring (bicyclic) bond motifs is 1. The van der Waals surface area contributed by atoms with Gasteiger partial charge in [0, 0.05) is 43.7 Å². The third-order valence-electron chi connectivity index (χ3n) is 5.43. The predicted molar refractivity (Wildman–Crippen MR) is 121 cm³/mol. The van der Waals surface area contributed by atoms with Gasteiger partial charge in [0.25, 0.3) is 0 Å². The zero-order valence-electron chi connectivity index (χ0n) is 18.8. The fourth-order valence-corrected chi connectivity index (χ4v) is 3.89. The van der Waals surface area contributed by atoms with Crippen LogP contribution < -0.4 is 20.1 Å². The number of morpholine rings is 1. The summed E-state index contributed by atoms with van der Waals surface area (Å²) in [5.74, 6) is 2.73. The molecule has 30 heavy (non-hydrogen) atoms. The van der Waals surface area contributed by atoms with Gasteiger partial charge in [-0.15, -0.1) is 0 Å². The van der Waals surface area contributed by atoms with Crippen LogP contribution >= 0.6 is 0 Å². The number of ether oxygens (including phenoxy) is 3. The second kappa shape index (κ2) is 12.0. The first-order valence-corrected chi connectivity index (χ1v) is 11.5. The molecule has 0 spiro atoms. The fraction of sp³-hybridized carbons (Fsp3) is 0.696. The van der Waals surface area contributed by atoms with E-state index in [1.54, 1.807) is 0 Å². The SMILES string of the molecule is CCNC(=NCc1cc2c(cc1OCC)CC(C)O2)NCCCCN1CCOCC1. The minimum Gasteiger partial charge on any atom is -0.494 e. The van der Waals surface area contributed by atoms with E-state index in [-0.39, 0.29) is 6.10 Å². The second-order valence-corrected chi connectivity index (χ2v) is 7.92. The van der Waals surface area contributed by atoms with Crippen molar-refractivity contribution in [2.24, 2.45) is 4.99 Å². The van der Waals surface area contributed by atoms with Crippen LogP contribution in [0.3, 0.4) is 0 Å². The van der Waals surface area contributed by atoms with Crippen LogP contribution in [0.15, 0.2) is 17.1 Å². The van der Waals surface area contributed by atoms with E-state index in [1.807, 2.05) is 6.92 Å². The molecule has 2 aliphatic rings. The molecule has 1 aromatic carbocycles. The van der Waals surface area contributed by atoms with Crippen molar-refractivity contribution >= 4 is 5.96 Å². The summed E-state index contributed by atoms with van der Waals surface area (Å²) in [6, 6.07) is 4.22. The van der Waals surface area contributed by atoms with E-state index in [0.717, 1.165) is 81.8 Å². The molecular weight excluding hydrogens is 380 g/mol. The lowest BCUT2D eigenvalue weighted by Crippen LogP contribution is -2.39. The summed E-state index contributed by atoms with van der Waals surface area (Å²) in [6.07, 6.45) is 3.47. The smallest absolute Gasteiger partial charge is 0.191 e. The van der Waals surface area contributed by atoms with Gasteiger partial charge in [-0.3, -0.25) is 4.90 Å². The van der Waals surface area contributed by atoms with Crippen molar-refractivity contribution in [2.75, 3.05) is 52.5 Å². The van der Waals surface area contributed by atoms with Crippen molar-refractivity contribution in [3.05, 3.63) is 23.3 Å². The number of nitrogens with zero attached hydrogens (tertiary/aromatic N) is 2. The van der Waals surface area contributed by atoms with Gasteiger partial charge in [0.15, 0.2) is 5.96 Å². The van der Waals surface area contributed by atoms with Crippen molar-refractivity contribution in [1.82, 2.24) is 15.5 Å². The van der Waals surface area contributed by atoms with Gasteiger partial charge < -0.3 is 24.8 Å². The normalized spacial score (nSPS) is 19.3. The number of guanidine groups is 1. The van der Waals surface area contributed by atoms with E-state index in [9.17, 15) is 0 Å². The fourth-order valence-electron chi connectivity index (χ4n) is 3.89. The minimum absolute atomic E-state index is 0.227. The van der Waals surface area contributed by atoms with E-state index < -0.39 is 0 Å². The van der Waals surface area contributed by atoms with Crippen molar-refractivity contribution in [1.29, 1.82) is 0 Å². The maximum atomic E-state index is 5.93. The monoisotopic (exact) mass is 418 g/mol. The Morgan fingerprint density at radius 3 is 2.80 bits per heavy atom. The van der Waals surface area contributed by atoms with E-state index in [0.29, 0.717) is 13.2 Å². The van der Waals surface area contributed by atoms with E-state index in [4.69, 9.17) is 19.2 Å². The maximum Gasteiger partial charge on any atom is 0.191 e. The molecule has 2 aliphatic heterocycles. The number of hydrogen-bond donors (Lipinski definition) is 2. The highest BCUT2D eigenvalue weighted by Crippen LogP contribution is 2.35. The number of unbranched alkanes of at least 4 members (excludes halogenated alkanes) is 1.